The van der Waals surface area contributed by atoms with Gasteiger partial charge >= 0.3 is 0 Å². The van der Waals surface area contributed by atoms with Gasteiger partial charge in [0.25, 0.3) is 0 Å². The van der Waals surface area contributed by atoms with Crippen LogP contribution in [-0.4, -0.2) is 7.85 Å². The summed E-state index contributed by atoms with van der Waals surface area (Å²) in [6, 6.07) is 23.9. The largest absolute Gasteiger partial charge is 0.141 e. The molecule has 4 aromatic rings. The predicted molar refractivity (Wildman–Crippen MR) is 92.9 cm³/mol. The number of fused-ring (bicyclic) bond motifs is 3. The van der Waals surface area contributed by atoms with Crippen molar-refractivity contribution >= 4 is 44.8 Å². The highest BCUT2D eigenvalue weighted by atomic mass is 32.1. The van der Waals surface area contributed by atoms with Gasteiger partial charge in [-0.15, -0.1) is 11.3 Å². The SMILES string of the molecule is Bc1cccc2c1sc1c(-c3ccccc3)cccc12. The van der Waals surface area contributed by atoms with E-state index in [0.29, 0.717) is 0 Å². The second-order valence-electron chi connectivity index (χ2n) is 5.10. The molecular weight excluding hydrogens is 259 g/mol. The van der Waals surface area contributed by atoms with E-state index >= 15 is 0 Å². The molecule has 20 heavy (non-hydrogen) atoms. The molecule has 4 rings (SSSR count). The maximum Gasteiger partial charge on any atom is 0.141 e. The molecule has 0 bridgehead atoms. The van der Waals surface area contributed by atoms with Crippen LogP contribution in [0, 0.1) is 0 Å². The van der Waals surface area contributed by atoms with Gasteiger partial charge in [0.2, 0.25) is 0 Å². The smallest absolute Gasteiger partial charge is 0.135 e. The molecule has 0 spiro atoms. The van der Waals surface area contributed by atoms with Gasteiger partial charge < -0.3 is 0 Å². The van der Waals surface area contributed by atoms with E-state index in [1.165, 1.54) is 36.8 Å². The fourth-order valence-corrected chi connectivity index (χ4v) is 4.11. The minimum absolute atomic E-state index is 1.29. The van der Waals surface area contributed by atoms with Gasteiger partial charge in [0, 0.05) is 14.8 Å². The molecular formula is C18H13BS. The predicted octanol–water partition coefficient (Wildman–Crippen LogP) is 3.98. The Hall–Kier alpha value is -2.06. The van der Waals surface area contributed by atoms with Crippen molar-refractivity contribution in [1.82, 2.24) is 0 Å². The van der Waals surface area contributed by atoms with Gasteiger partial charge in [0.15, 0.2) is 0 Å². The van der Waals surface area contributed by atoms with Crippen molar-refractivity contribution in [3.8, 4) is 11.1 Å². The van der Waals surface area contributed by atoms with Crippen molar-refractivity contribution in [1.29, 1.82) is 0 Å². The van der Waals surface area contributed by atoms with Crippen molar-refractivity contribution in [3.63, 3.8) is 0 Å². The Morgan fingerprint density at radius 1 is 0.650 bits per heavy atom. The van der Waals surface area contributed by atoms with E-state index in [1.54, 1.807) is 0 Å². The minimum Gasteiger partial charge on any atom is -0.135 e. The molecule has 0 atom stereocenters. The van der Waals surface area contributed by atoms with Crippen LogP contribution >= 0.6 is 11.3 Å². The number of rotatable bonds is 1. The average Bonchev–Trinajstić information content (AvgIpc) is 2.88. The fraction of sp³-hybridized carbons (Fsp3) is 0. The molecule has 0 saturated heterocycles. The second-order valence-corrected chi connectivity index (χ2v) is 6.12. The van der Waals surface area contributed by atoms with E-state index in [0.717, 1.165) is 0 Å². The highest BCUT2D eigenvalue weighted by Crippen LogP contribution is 2.38. The molecule has 2 heteroatoms. The Morgan fingerprint density at radius 3 is 2.15 bits per heavy atom. The maximum atomic E-state index is 2.24. The normalized spacial score (nSPS) is 11.2. The lowest BCUT2D eigenvalue weighted by Gasteiger charge is -2.02. The Morgan fingerprint density at radius 2 is 1.35 bits per heavy atom. The summed E-state index contributed by atoms with van der Waals surface area (Å²) >= 11 is 1.91. The summed E-state index contributed by atoms with van der Waals surface area (Å²) in [6.45, 7) is 0. The summed E-state index contributed by atoms with van der Waals surface area (Å²) in [5, 5.41) is 2.75. The van der Waals surface area contributed by atoms with E-state index in [4.69, 9.17) is 0 Å². The number of thiophene rings is 1. The quantitative estimate of drug-likeness (QED) is 0.460. The Bertz CT molecular complexity index is 907. The van der Waals surface area contributed by atoms with E-state index in [-0.39, 0.29) is 0 Å². The van der Waals surface area contributed by atoms with Crippen LogP contribution in [0.4, 0.5) is 0 Å². The monoisotopic (exact) mass is 272 g/mol. The molecule has 0 aliphatic rings. The van der Waals surface area contributed by atoms with Gasteiger partial charge in [-0.1, -0.05) is 72.2 Å². The van der Waals surface area contributed by atoms with Crippen LogP contribution in [0.3, 0.4) is 0 Å². The number of benzene rings is 3. The third-order valence-electron chi connectivity index (χ3n) is 3.81. The molecule has 0 radical (unpaired) electrons. The van der Waals surface area contributed by atoms with E-state index in [1.807, 2.05) is 11.3 Å². The molecule has 0 unspecified atom stereocenters. The van der Waals surface area contributed by atoms with Gasteiger partial charge in [-0.05, 0) is 16.5 Å². The lowest BCUT2D eigenvalue weighted by molar-refractivity contribution is 1.67. The molecule has 0 aliphatic carbocycles. The summed E-state index contributed by atoms with van der Waals surface area (Å²) in [5.74, 6) is 0. The first kappa shape index (κ1) is 11.7. The molecule has 3 aromatic carbocycles. The highest BCUT2D eigenvalue weighted by molar-refractivity contribution is 7.27. The van der Waals surface area contributed by atoms with Gasteiger partial charge in [0.1, 0.15) is 7.85 Å². The zero-order chi connectivity index (χ0) is 13.5. The standard InChI is InChI=1S/C18H13BS/c19-16-11-5-10-15-14-9-4-8-13(17(14)20-18(15)16)12-6-2-1-3-7-12/h1-11H,19H2. The summed E-state index contributed by atoms with van der Waals surface area (Å²) in [7, 11) is 2.19. The molecule has 0 amide bonds. The molecule has 0 N–H and O–H groups in total. The van der Waals surface area contributed by atoms with Crippen molar-refractivity contribution < 1.29 is 0 Å². The topological polar surface area (TPSA) is 0 Å². The summed E-state index contributed by atoms with van der Waals surface area (Å²) in [4.78, 5) is 0. The van der Waals surface area contributed by atoms with Crippen molar-refractivity contribution in [2.75, 3.05) is 0 Å². The fourth-order valence-electron chi connectivity index (χ4n) is 2.81. The minimum atomic E-state index is 1.29. The lowest BCUT2D eigenvalue weighted by Crippen LogP contribution is -1.99. The molecule has 1 aromatic heterocycles. The molecule has 0 fully saturated rings. The Balaban J connectivity index is 2.14. The third-order valence-corrected chi connectivity index (χ3v) is 5.20. The summed E-state index contributed by atoms with van der Waals surface area (Å²) in [6.07, 6.45) is 0. The van der Waals surface area contributed by atoms with Crippen LogP contribution in [0.2, 0.25) is 0 Å². The van der Waals surface area contributed by atoms with Gasteiger partial charge in [-0.2, -0.15) is 0 Å². The molecule has 0 aliphatic heterocycles. The molecule has 0 nitrogen and oxygen atoms in total. The lowest BCUT2D eigenvalue weighted by atomic mass is 9.94. The van der Waals surface area contributed by atoms with E-state index in [2.05, 4.69) is 74.6 Å². The van der Waals surface area contributed by atoms with Crippen molar-refractivity contribution in [2.24, 2.45) is 0 Å². The van der Waals surface area contributed by atoms with Crippen molar-refractivity contribution in [2.45, 2.75) is 0 Å². The first-order valence-electron chi connectivity index (χ1n) is 6.81. The van der Waals surface area contributed by atoms with Crippen LogP contribution in [-0.2, 0) is 0 Å². The first-order chi connectivity index (χ1) is 9.84. The van der Waals surface area contributed by atoms with Crippen LogP contribution in [0.15, 0.2) is 66.7 Å². The van der Waals surface area contributed by atoms with Crippen LogP contribution in [0.25, 0.3) is 31.3 Å². The molecule has 94 valence electrons. The number of hydrogen-bond acceptors (Lipinski definition) is 1. The Kier molecular flexibility index (Phi) is 2.64. The van der Waals surface area contributed by atoms with Crippen LogP contribution in [0.1, 0.15) is 0 Å². The maximum absolute atomic E-state index is 2.24. The van der Waals surface area contributed by atoms with Crippen LogP contribution in [0.5, 0.6) is 0 Å². The van der Waals surface area contributed by atoms with E-state index in [9.17, 15) is 0 Å². The van der Waals surface area contributed by atoms with Gasteiger partial charge in [-0.3, -0.25) is 0 Å². The van der Waals surface area contributed by atoms with Gasteiger partial charge in [0.05, 0.1) is 0 Å². The zero-order valence-corrected chi connectivity index (χ0v) is 12.1. The summed E-state index contributed by atoms with van der Waals surface area (Å²) < 4.78 is 2.80. The molecule has 1 heterocycles. The summed E-state index contributed by atoms with van der Waals surface area (Å²) in [5.41, 5.74) is 3.99. The van der Waals surface area contributed by atoms with E-state index < -0.39 is 0 Å². The third kappa shape index (κ3) is 1.69. The molecule has 0 saturated carbocycles. The first-order valence-corrected chi connectivity index (χ1v) is 7.62. The van der Waals surface area contributed by atoms with Crippen molar-refractivity contribution in [3.05, 3.63) is 66.7 Å². The number of hydrogen-bond donors (Lipinski definition) is 0. The van der Waals surface area contributed by atoms with Gasteiger partial charge in [-0.25, -0.2) is 0 Å². The second kappa shape index (κ2) is 4.50. The average molecular weight is 272 g/mol. The van der Waals surface area contributed by atoms with Crippen LogP contribution < -0.4 is 5.46 Å². The zero-order valence-electron chi connectivity index (χ0n) is 11.3. The Labute approximate surface area is 123 Å². The highest BCUT2D eigenvalue weighted by Gasteiger charge is 2.10.